The summed E-state index contributed by atoms with van der Waals surface area (Å²) in [7, 11) is 0. The Kier molecular flexibility index (Phi) is 2.90. The molecule has 1 fully saturated rings. The molecule has 0 unspecified atom stereocenters. The maximum absolute atomic E-state index is 13.8. The number of aromatic nitrogens is 1. The van der Waals surface area contributed by atoms with Crippen LogP contribution in [0.2, 0.25) is 0 Å². The van der Waals surface area contributed by atoms with Crippen molar-refractivity contribution in [2.45, 2.75) is 26.7 Å². The minimum Gasteiger partial charge on any atom is -0.353 e. The average Bonchev–Trinajstić information content (AvgIpc) is 2.25. The summed E-state index contributed by atoms with van der Waals surface area (Å²) in [6.45, 7) is 5.15. The van der Waals surface area contributed by atoms with Gasteiger partial charge in [-0.3, -0.25) is 0 Å². The number of anilines is 1. The van der Waals surface area contributed by atoms with E-state index in [1.165, 1.54) is 6.07 Å². The minimum absolute atomic E-state index is 0.253. The number of piperidine rings is 1. The highest BCUT2D eigenvalue weighted by molar-refractivity contribution is 5.83. The Balaban J connectivity index is 2.26. The van der Waals surface area contributed by atoms with E-state index in [1.807, 2.05) is 18.7 Å². The van der Waals surface area contributed by atoms with Gasteiger partial charge in [0.2, 0.25) is 0 Å². The molecule has 0 aliphatic carbocycles. The van der Waals surface area contributed by atoms with Gasteiger partial charge in [0.05, 0.1) is 0 Å². The van der Waals surface area contributed by atoms with Crippen molar-refractivity contribution in [1.82, 2.24) is 4.98 Å². The van der Waals surface area contributed by atoms with E-state index in [-0.39, 0.29) is 5.82 Å². The van der Waals surface area contributed by atoms with Crippen LogP contribution in [0.15, 0.2) is 6.07 Å². The first-order chi connectivity index (χ1) is 7.58. The summed E-state index contributed by atoms with van der Waals surface area (Å²) in [6, 6.07) is 1.54. The number of nitrogens with one attached hydrogen (secondary N) is 1. The normalized spacial score (nSPS) is 16.7. The molecular formula is C12H16FN3. The Bertz CT molecular complexity index is 419. The van der Waals surface area contributed by atoms with Crippen LogP contribution in [0.1, 0.15) is 24.1 Å². The Morgan fingerprint density at radius 1 is 1.31 bits per heavy atom. The highest BCUT2D eigenvalue weighted by Gasteiger charge is 2.19. The smallest absolute Gasteiger partial charge is 0.165 e. The van der Waals surface area contributed by atoms with Gasteiger partial charge in [-0.05, 0) is 25.5 Å². The molecule has 2 rings (SSSR count). The SMILES string of the molecule is Cc1cc(F)c(N2CCC(=N)CC2)nc1C. The monoisotopic (exact) mass is 221 g/mol. The maximum Gasteiger partial charge on any atom is 0.165 e. The summed E-state index contributed by atoms with van der Waals surface area (Å²) in [5.41, 5.74) is 2.50. The largest absolute Gasteiger partial charge is 0.353 e. The molecule has 86 valence electrons. The second kappa shape index (κ2) is 4.20. The number of hydrogen-bond donors (Lipinski definition) is 1. The molecule has 1 aliphatic rings. The molecule has 0 atom stereocenters. The van der Waals surface area contributed by atoms with Gasteiger partial charge in [0.25, 0.3) is 0 Å². The summed E-state index contributed by atoms with van der Waals surface area (Å²) in [5.74, 6) is 0.187. The quantitative estimate of drug-likeness (QED) is 0.791. The van der Waals surface area contributed by atoms with Gasteiger partial charge in [0.15, 0.2) is 11.6 Å². The van der Waals surface area contributed by atoms with E-state index in [9.17, 15) is 4.39 Å². The Labute approximate surface area is 94.8 Å². The van der Waals surface area contributed by atoms with Crippen LogP contribution < -0.4 is 4.90 Å². The van der Waals surface area contributed by atoms with Crippen LogP contribution in [-0.4, -0.2) is 23.8 Å². The molecular weight excluding hydrogens is 205 g/mol. The van der Waals surface area contributed by atoms with Gasteiger partial charge in [-0.25, -0.2) is 9.37 Å². The van der Waals surface area contributed by atoms with E-state index in [2.05, 4.69) is 4.98 Å². The molecule has 0 aromatic carbocycles. The highest BCUT2D eigenvalue weighted by atomic mass is 19.1. The number of rotatable bonds is 1. The topological polar surface area (TPSA) is 40.0 Å². The van der Waals surface area contributed by atoms with Crippen molar-refractivity contribution in [3.05, 3.63) is 23.1 Å². The third-order valence-electron chi connectivity index (χ3n) is 3.07. The predicted molar refractivity (Wildman–Crippen MR) is 62.8 cm³/mol. The van der Waals surface area contributed by atoms with Gasteiger partial charge in [-0.15, -0.1) is 0 Å². The van der Waals surface area contributed by atoms with Gasteiger partial charge in [0, 0.05) is 37.3 Å². The summed E-state index contributed by atoms with van der Waals surface area (Å²) >= 11 is 0. The van der Waals surface area contributed by atoms with E-state index in [0.29, 0.717) is 31.7 Å². The maximum atomic E-state index is 13.8. The zero-order chi connectivity index (χ0) is 11.7. The molecule has 2 heterocycles. The van der Waals surface area contributed by atoms with E-state index in [4.69, 9.17) is 5.41 Å². The fourth-order valence-electron chi connectivity index (χ4n) is 1.87. The molecule has 1 N–H and O–H groups in total. The lowest BCUT2D eigenvalue weighted by molar-refractivity contribution is 0.602. The first-order valence-corrected chi connectivity index (χ1v) is 5.53. The molecule has 3 nitrogen and oxygen atoms in total. The van der Waals surface area contributed by atoms with Crippen molar-refractivity contribution in [2.24, 2.45) is 0 Å². The van der Waals surface area contributed by atoms with Crippen molar-refractivity contribution in [3.63, 3.8) is 0 Å². The zero-order valence-corrected chi connectivity index (χ0v) is 9.68. The molecule has 4 heteroatoms. The number of nitrogens with zero attached hydrogens (tertiary/aromatic N) is 2. The van der Waals surface area contributed by atoms with Crippen LogP contribution in [0.25, 0.3) is 0 Å². The van der Waals surface area contributed by atoms with Gasteiger partial charge >= 0.3 is 0 Å². The number of halogens is 1. The Morgan fingerprint density at radius 2 is 1.94 bits per heavy atom. The molecule has 16 heavy (non-hydrogen) atoms. The third-order valence-corrected chi connectivity index (χ3v) is 3.07. The molecule has 0 amide bonds. The minimum atomic E-state index is -0.253. The summed E-state index contributed by atoms with van der Waals surface area (Å²) in [5, 5.41) is 7.53. The van der Waals surface area contributed by atoms with Crippen LogP contribution >= 0.6 is 0 Å². The second-order valence-electron chi connectivity index (χ2n) is 4.29. The molecule has 0 spiro atoms. The lowest BCUT2D eigenvalue weighted by Crippen LogP contribution is -2.34. The van der Waals surface area contributed by atoms with Crippen LogP contribution in [0.4, 0.5) is 10.2 Å². The number of aryl methyl sites for hydroxylation is 2. The van der Waals surface area contributed by atoms with E-state index in [0.717, 1.165) is 17.0 Å². The lowest BCUT2D eigenvalue weighted by Gasteiger charge is -2.28. The Morgan fingerprint density at radius 3 is 2.56 bits per heavy atom. The van der Waals surface area contributed by atoms with Gasteiger partial charge in [-0.1, -0.05) is 0 Å². The number of pyridine rings is 1. The van der Waals surface area contributed by atoms with Gasteiger partial charge in [-0.2, -0.15) is 0 Å². The van der Waals surface area contributed by atoms with Crippen molar-refractivity contribution in [1.29, 1.82) is 5.41 Å². The number of hydrogen-bond acceptors (Lipinski definition) is 3. The molecule has 1 aromatic rings. The zero-order valence-electron chi connectivity index (χ0n) is 9.68. The van der Waals surface area contributed by atoms with E-state index in [1.54, 1.807) is 0 Å². The summed E-state index contributed by atoms with van der Waals surface area (Å²) in [6.07, 6.45) is 1.43. The Hall–Kier alpha value is -1.45. The van der Waals surface area contributed by atoms with Crippen molar-refractivity contribution in [3.8, 4) is 0 Å². The molecule has 0 radical (unpaired) electrons. The summed E-state index contributed by atoms with van der Waals surface area (Å²) < 4.78 is 13.8. The average molecular weight is 221 g/mol. The fraction of sp³-hybridized carbons (Fsp3) is 0.500. The van der Waals surface area contributed by atoms with E-state index >= 15 is 0 Å². The first kappa shape index (κ1) is 11.0. The van der Waals surface area contributed by atoms with Crippen LogP contribution in [-0.2, 0) is 0 Å². The molecule has 0 saturated carbocycles. The standard InChI is InChI=1S/C12H16FN3/c1-8-7-11(13)12(15-9(8)2)16-5-3-10(14)4-6-16/h7,14H,3-6H2,1-2H3. The third kappa shape index (κ3) is 2.05. The lowest BCUT2D eigenvalue weighted by atomic mass is 10.1. The van der Waals surface area contributed by atoms with Crippen molar-refractivity contribution >= 4 is 11.5 Å². The fourth-order valence-corrected chi connectivity index (χ4v) is 1.87. The van der Waals surface area contributed by atoms with Crippen LogP contribution in [0.3, 0.4) is 0 Å². The van der Waals surface area contributed by atoms with Crippen LogP contribution in [0, 0.1) is 25.1 Å². The van der Waals surface area contributed by atoms with E-state index < -0.39 is 0 Å². The first-order valence-electron chi connectivity index (χ1n) is 5.53. The summed E-state index contributed by atoms with van der Waals surface area (Å²) in [4.78, 5) is 6.23. The predicted octanol–water partition coefficient (Wildman–Crippen LogP) is 2.46. The molecule has 0 bridgehead atoms. The van der Waals surface area contributed by atoms with Crippen LogP contribution in [0.5, 0.6) is 0 Å². The highest BCUT2D eigenvalue weighted by Crippen LogP contribution is 2.22. The van der Waals surface area contributed by atoms with Gasteiger partial charge in [0.1, 0.15) is 0 Å². The van der Waals surface area contributed by atoms with Gasteiger partial charge < -0.3 is 10.3 Å². The van der Waals surface area contributed by atoms with Crippen molar-refractivity contribution in [2.75, 3.05) is 18.0 Å². The molecule has 1 saturated heterocycles. The molecule has 1 aromatic heterocycles. The molecule has 1 aliphatic heterocycles. The van der Waals surface area contributed by atoms with Crippen molar-refractivity contribution < 1.29 is 4.39 Å². The second-order valence-corrected chi connectivity index (χ2v) is 4.29.